The SMILES string of the molecule is O=C(Nc1ccc(OCCc2ccccc2)cc1)NC1CCCCC1. The molecule has 0 atom stereocenters. The molecule has 2 aromatic carbocycles. The molecule has 4 heteroatoms. The summed E-state index contributed by atoms with van der Waals surface area (Å²) in [5.41, 5.74) is 2.05. The summed E-state index contributed by atoms with van der Waals surface area (Å²) in [6.45, 7) is 0.638. The van der Waals surface area contributed by atoms with Crippen LogP contribution in [0.25, 0.3) is 0 Å². The summed E-state index contributed by atoms with van der Waals surface area (Å²) >= 11 is 0. The van der Waals surface area contributed by atoms with Gasteiger partial charge in [0.15, 0.2) is 0 Å². The van der Waals surface area contributed by atoms with Gasteiger partial charge in [-0.05, 0) is 42.7 Å². The Labute approximate surface area is 149 Å². The highest BCUT2D eigenvalue weighted by atomic mass is 16.5. The number of anilines is 1. The normalized spacial score (nSPS) is 14.7. The highest BCUT2D eigenvalue weighted by molar-refractivity contribution is 5.89. The second-order valence-electron chi connectivity index (χ2n) is 6.54. The zero-order chi connectivity index (χ0) is 17.3. The smallest absolute Gasteiger partial charge is 0.319 e. The Hall–Kier alpha value is -2.49. The first-order chi connectivity index (χ1) is 12.3. The highest BCUT2D eigenvalue weighted by Gasteiger charge is 2.15. The van der Waals surface area contributed by atoms with Gasteiger partial charge in [-0.1, -0.05) is 49.6 Å². The molecule has 0 aromatic heterocycles. The molecule has 132 valence electrons. The summed E-state index contributed by atoms with van der Waals surface area (Å²) in [4.78, 5) is 12.0. The molecular formula is C21H26N2O2. The van der Waals surface area contributed by atoms with Crippen LogP contribution in [0.1, 0.15) is 37.7 Å². The van der Waals surface area contributed by atoms with E-state index in [1.807, 2.05) is 42.5 Å². The Kier molecular flexibility index (Phi) is 6.32. The van der Waals surface area contributed by atoms with Gasteiger partial charge in [0.1, 0.15) is 5.75 Å². The van der Waals surface area contributed by atoms with Crippen molar-refractivity contribution in [2.24, 2.45) is 0 Å². The fourth-order valence-electron chi connectivity index (χ4n) is 3.17. The van der Waals surface area contributed by atoms with E-state index in [0.717, 1.165) is 30.7 Å². The van der Waals surface area contributed by atoms with E-state index >= 15 is 0 Å². The Balaban J connectivity index is 1.41. The van der Waals surface area contributed by atoms with Crippen LogP contribution in [0.15, 0.2) is 54.6 Å². The van der Waals surface area contributed by atoms with Crippen molar-refractivity contribution in [2.75, 3.05) is 11.9 Å². The van der Waals surface area contributed by atoms with Crippen LogP contribution in [-0.2, 0) is 6.42 Å². The maximum absolute atomic E-state index is 12.0. The van der Waals surface area contributed by atoms with Crippen molar-refractivity contribution < 1.29 is 9.53 Å². The number of carbonyl (C=O) groups is 1. The molecule has 1 aliphatic carbocycles. The topological polar surface area (TPSA) is 50.4 Å². The molecule has 2 aromatic rings. The Morgan fingerprint density at radius 3 is 2.40 bits per heavy atom. The van der Waals surface area contributed by atoms with Crippen LogP contribution in [0.3, 0.4) is 0 Å². The number of amides is 2. The van der Waals surface area contributed by atoms with E-state index in [1.165, 1.54) is 24.8 Å². The molecule has 0 saturated heterocycles. The lowest BCUT2D eigenvalue weighted by molar-refractivity contribution is 0.244. The molecule has 3 rings (SSSR count). The lowest BCUT2D eigenvalue weighted by Crippen LogP contribution is -2.38. The number of ether oxygens (including phenoxy) is 1. The first kappa shape index (κ1) is 17.3. The van der Waals surface area contributed by atoms with Crippen LogP contribution in [0, 0.1) is 0 Å². The van der Waals surface area contributed by atoms with Crippen molar-refractivity contribution in [1.82, 2.24) is 5.32 Å². The average molecular weight is 338 g/mol. The van der Waals surface area contributed by atoms with Gasteiger partial charge in [0, 0.05) is 18.2 Å². The van der Waals surface area contributed by atoms with Crippen molar-refractivity contribution in [2.45, 2.75) is 44.6 Å². The zero-order valence-corrected chi connectivity index (χ0v) is 14.5. The van der Waals surface area contributed by atoms with Crippen LogP contribution < -0.4 is 15.4 Å². The van der Waals surface area contributed by atoms with Gasteiger partial charge in [0.05, 0.1) is 6.61 Å². The molecule has 1 aliphatic rings. The number of benzene rings is 2. The van der Waals surface area contributed by atoms with Crippen LogP contribution >= 0.6 is 0 Å². The minimum absolute atomic E-state index is 0.121. The van der Waals surface area contributed by atoms with Crippen molar-refractivity contribution in [3.8, 4) is 5.75 Å². The Bertz CT molecular complexity index is 649. The molecule has 0 spiro atoms. The van der Waals surface area contributed by atoms with Crippen molar-refractivity contribution in [3.63, 3.8) is 0 Å². The fourth-order valence-corrected chi connectivity index (χ4v) is 3.17. The summed E-state index contributed by atoms with van der Waals surface area (Å²) in [6.07, 6.45) is 6.75. The van der Waals surface area contributed by atoms with Gasteiger partial charge in [-0.25, -0.2) is 4.79 Å². The summed E-state index contributed by atoms with van der Waals surface area (Å²) in [5, 5.41) is 5.95. The maximum Gasteiger partial charge on any atom is 0.319 e. The predicted molar refractivity (Wildman–Crippen MR) is 101 cm³/mol. The average Bonchev–Trinajstić information content (AvgIpc) is 2.65. The van der Waals surface area contributed by atoms with E-state index in [4.69, 9.17) is 4.74 Å². The minimum atomic E-state index is -0.121. The van der Waals surface area contributed by atoms with Gasteiger partial charge >= 0.3 is 6.03 Å². The highest BCUT2D eigenvalue weighted by Crippen LogP contribution is 2.18. The molecule has 1 fully saturated rings. The van der Waals surface area contributed by atoms with Gasteiger partial charge in [-0.3, -0.25) is 0 Å². The van der Waals surface area contributed by atoms with E-state index in [9.17, 15) is 4.79 Å². The third-order valence-corrected chi connectivity index (χ3v) is 4.55. The second kappa shape index (κ2) is 9.11. The van der Waals surface area contributed by atoms with Crippen LogP contribution in [0.5, 0.6) is 5.75 Å². The standard InChI is InChI=1S/C21H26N2O2/c24-21(22-18-9-5-2-6-10-18)23-19-11-13-20(14-12-19)25-16-15-17-7-3-1-4-8-17/h1,3-4,7-8,11-14,18H,2,5-6,9-10,15-16H2,(H2,22,23,24). The van der Waals surface area contributed by atoms with Gasteiger partial charge < -0.3 is 15.4 Å². The fraction of sp³-hybridized carbons (Fsp3) is 0.381. The maximum atomic E-state index is 12.0. The molecule has 2 amide bonds. The largest absolute Gasteiger partial charge is 0.493 e. The molecule has 2 N–H and O–H groups in total. The minimum Gasteiger partial charge on any atom is -0.493 e. The number of hydrogen-bond acceptors (Lipinski definition) is 2. The summed E-state index contributed by atoms with van der Waals surface area (Å²) in [5.74, 6) is 0.814. The van der Waals surface area contributed by atoms with Crippen molar-refractivity contribution in [3.05, 3.63) is 60.2 Å². The quantitative estimate of drug-likeness (QED) is 0.797. The number of hydrogen-bond donors (Lipinski definition) is 2. The summed E-state index contributed by atoms with van der Waals surface area (Å²) in [6, 6.07) is 18.0. The predicted octanol–water partition coefficient (Wildman–Crippen LogP) is 4.76. The van der Waals surface area contributed by atoms with Crippen molar-refractivity contribution in [1.29, 1.82) is 0 Å². The molecule has 0 heterocycles. The molecule has 4 nitrogen and oxygen atoms in total. The second-order valence-corrected chi connectivity index (χ2v) is 6.54. The number of nitrogens with one attached hydrogen (secondary N) is 2. The lowest BCUT2D eigenvalue weighted by Gasteiger charge is -2.22. The van der Waals surface area contributed by atoms with Gasteiger partial charge in [-0.15, -0.1) is 0 Å². The summed E-state index contributed by atoms with van der Waals surface area (Å²) < 4.78 is 5.76. The van der Waals surface area contributed by atoms with E-state index < -0.39 is 0 Å². The monoisotopic (exact) mass is 338 g/mol. The third kappa shape index (κ3) is 5.82. The molecule has 0 bridgehead atoms. The van der Waals surface area contributed by atoms with E-state index in [-0.39, 0.29) is 6.03 Å². The molecular weight excluding hydrogens is 312 g/mol. The Morgan fingerprint density at radius 2 is 1.68 bits per heavy atom. The molecule has 1 saturated carbocycles. The zero-order valence-electron chi connectivity index (χ0n) is 14.5. The third-order valence-electron chi connectivity index (χ3n) is 4.55. The molecule has 0 radical (unpaired) electrons. The van der Waals surface area contributed by atoms with E-state index in [2.05, 4.69) is 22.8 Å². The molecule has 0 aliphatic heterocycles. The van der Waals surface area contributed by atoms with Gasteiger partial charge in [-0.2, -0.15) is 0 Å². The van der Waals surface area contributed by atoms with E-state index in [1.54, 1.807) is 0 Å². The van der Waals surface area contributed by atoms with Crippen LogP contribution in [0.4, 0.5) is 10.5 Å². The van der Waals surface area contributed by atoms with Gasteiger partial charge in [0.25, 0.3) is 0 Å². The molecule has 25 heavy (non-hydrogen) atoms. The number of urea groups is 1. The summed E-state index contributed by atoms with van der Waals surface area (Å²) in [7, 11) is 0. The number of rotatable bonds is 6. The number of carbonyl (C=O) groups excluding carboxylic acids is 1. The van der Waals surface area contributed by atoms with Crippen LogP contribution in [0.2, 0.25) is 0 Å². The van der Waals surface area contributed by atoms with Crippen LogP contribution in [-0.4, -0.2) is 18.7 Å². The first-order valence-electron chi connectivity index (χ1n) is 9.14. The Morgan fingerprint density at radius 1 is 0.960 bits per heavy atom. The first-order valence-corrected chi connectivity index (χ1v) is 9.14. The van der Waals surface area contributed by atoms with Crippen molar-refractivity contribution >= 4 is 11.7 Å². The van der Waals surface area contributed by atoms with Gasteiger partial charge in [0.2, 0.25) is 0 Å². The molecule has 0 unspecified atom stereocenters. The lowest BCUT2D eigenvalue weighted by atomic mass is 9.96. The van der Waals surface area contributed by atoms with E-state index in [0.29, 0.717) is 12.6 Å².